The van der Waals surface area contributed by atoms with E-state index in [1.807, 2.05) is 46.0 Å². The molecule has 1 aliphatic heterocycles. The number of nitrogens with one attached hydrogen (secondary N) is 1. The van der Waals surface area contributed by atoms with E-state index in [-0.39, 0.29) is 6.10 Å². The molecule has 1 aromatic heterocycles. The number of pyridine rings is 1. The third-order valence-corrected chi connectivity index (χ3v) is 3.95. The molecule has 0 spiro atoms. The molecule has 0 fully saturated rings. The molecule has 3 rings (SSSR count). The van der Waals surface area contributed by atoms with Crippen LogP contribution >= 0.6 is 0 Å². The first-order chi connectivity index (χ1) is 11.8. The molecule has 1 aliphatic rings. The molecule has 5 nitrogen and oxygen atoms in total. The maximum atomic E-state index is 11.8. The summed E-state index contributed by atoms with van der Waals surface area (Å²) >= 11 is 0. The zero-order chi connectivity index (χ0) is 18.0. The first-order valence-electron chi connectivity index (χ1n) is 8.49. The summed E-state index contributed by atoms with van der Waals surface area (Å²) < 4.78 is 11.3. The molecule has 5 heteroatoms. The summed E-state index contributed by atoms with van der Waals surface area (Å²) in [5.74, 6) is 0.920. The van der Waals surface area contributed by atoms with Crippen LogP contribution in [0.4, 0.5) is 4.79 Å². The number of carbonyl (C=O) groups excluding carboxylic acids is 1. The maximum Gasteiger partial charge on any atom is 0.407 e. The van der Waals surface area contributed by atoms with Crippen LogP contribution in [0, 0.1) is 6.92 Å². The monoisotopic (exact) mass is 340 g/mol. The van der Waals surface area contributed by atoms with Gasteiger partial charge in [0.15, 0.2) is 0 Å². The predicted molar refractivity (Wildman–Crippen MR) is 96.8 cm³/mol. The van der Waals surface area contributed by atoms with Gasteiger partial charge in [-0.15, -0.1) is 0 Å². The minimum Gasteiger partial charge on any atom is -0.488 e. The Labute approximate surface area is 148 Å². The number of benzene rings is 1. The number of hydrogen-bond donors (Lipinski definition) is 1. The van der Waals surface area contributed by atoms with Gasteiger partial charge < -0.3 is 14.8 Å². The highest BCUT2D eigenvalue weighted by molar-refractivity contribution is 5.68. The largest absolute Gasteiger partial charge is 0.488 e. The van der Waals surface area contributed by atoms with Crippen LogP contribution < -0.4 is 10.1 Å². The number of ether oxygens (including phenoxy) is 2. The number of carbonyl (C=O) groups is 1. The summed E-state index contributed by atoms with van der Waals surface area (Å²) in [5.41, 5.74) is 3.97. The van der Waals surface area contributed by atoms with Gasteiger partial charge in [-0.05, 0) is 62.6 Å². The van der Waals surface area contributed by atoms with Crippen molar-refractivity contribution in [1.29, 1.82) is 0 Å². The highest BCUT2D eigenvalue weighted by Crippen LogP contribution is 2.36. The van der Waals surface area contributed by atoms with Crippen LogP contribution in [0.1, 0.15) is 31.9 Å². The molecule has 1 atom stereocenters. The second-order valence-corrected chi connectivity index (χ2v) is 7.35. The summed E-state index contributed by atoms with van der Waals surface area (Å²) in [7, 11) is 0. The third-order valence-electron chi connectivity index (χ3n) is 3.95. The van der Waals surface area contributed by atoms with E-state index in [2.05, 4.69) is 22.4 Å². The van der Waals surface area contributed by atoms with Gasteiger partial charge in [-0.25, -0.2) is 4.79 Å². The Morgan fingerprint density at radius 1 is 1.36 bits per heavy atom. The van der Waals surface area contributed by atoms with Gasteiger partial charge in [-0.2, -0.15) is 0 Å². The molecule has 0 saturated carbocycles. The lowest BCUT2D eigenvalue weighted by Gasteiger charge is -2.20. The van der Waals surface area contributed by atoms with E-state index in [0.29, 0.717) is 6.54 Å². The number of fused-ring (bicyclic) bond motifs is 1. The number of rotatable bonds is 3. The van der Waals surface area contributed by atoms with E-state index in [9.17, 15) is 4.79 Å². The first kappa shape index (κ1) is 17.3. The van der Waals surface area contributed by atoms with Crippen LogP contribution in [-0.4, -0.2) is 29.3 Å². The molecular weight excluding hydrogens is 316 g/mol. The van der Waals surface area contributed by atoms with E-state index in [1.54, 1.807) is 6.20 Å². The normalized spacial score (nSPS) is 16.1. The van der Waals surface area contributed by atoms with Crippen molar-refractivity contribution in [1.82, 2.24) is 10.3 Å². The first-order valence-corrected chi connectivity index (χ1v) is 8.49. The SMILES string of the molecule is Cc1cc(-c2cccnc2)cc2c1OC(CNC(=O)OC(C)(C)C)C2. The van der Waals surface area contributed by atoms with Crippen molar-refractivity contribution in [3.63, 3.8) is 0 Å². The molecule has 1 unspecified atom stereocenters. The Morgan fingerprint density at radius 2 is 2.16 bits per heavy atom. The fourth-order valence-corrected chi connectivity index (χ4v) is 2.95. The topological polar surface area (TPSA) is 60.5 Å². The molecule has 0 aliphatic carbocycles. The fourth-order valence-electron chi connectivity index (χ4n) is 2.95. The Bertz CT molecular complexity index is 767. The minimum atomic E-state index is -0.501. The lowest BCUT2D eigenvalue weighted by Crippen LogP contribution is -2.38. The fraction of sp³-hybridized carbons (Fsp3) is 0.400. The van der Waals surface area contributed by atoms with Gasteiger partial charge in [-0.3, -0.25) is 4.98 Å². The van der Waals surface area contributed by atoms with E-state index < -0.39 is 11.7 Å². The van der Waals surface area contributed by atoms with Crippen molar-refractivity contribution >= 4 is 6.09 Å². The van der Waals surface area contributed by atoms with E-state index >= 15 is 0 Å². The van der Waals surface area contributed by atoms with Crippen LogP contribution in [0.15, 0.2) is 36.7 Å². The second kappa shape index (κ2) is 6.75. The Balaban J connectivity index is 1.67. The molecule has 0 bridgehead atoms. The van der Waals surface area contributed by atoms with Crippen molar-refractivity contribution in [2.24, 2.45) is 0 Å². The summed E-state index contributed by atoms with van der Waals surface area (Å²) in [5, 5.41) is 2.79. The van der Waals surface area contributed by atoms with Crippen LogP contribution in [0.3, 0.4) is 0 Å². The zero-order valence-electron chi connectivity index (χ0n) is 15.1. The second-order valence-electron chi connectivity index (χ2n) is 7.35. The van der Waals surface area contributed by atoms with E-state index in [1.165, 1.54) is 0 Å². The highest BCUT2D eigenvalue weighted by atomic mass is 16.6. The average molecular weight is 340 g/mol. The molecule has 1 N–H and O–H groups in total. The van der Waals surface area contributed by atoms with Gasteiger partial charge in [0, 0.05) is 24.4 Å². The van der Waals surface area contributed by atoms with Crippen LogP contribution in [0.25, 0.3) is 11.1 Å². The molecule has 1 aromatic carbocycles. The van der Waals surface area contributed by atoms with Gasteiger partial charge in [-0.1, -0.05) is 6.07 Å². The molecular formula is C20H24N2O3. The van der Waals surface area contributed by atoms with Crippen molar-refractivity contribution in [3.05, 3.63) is 47.8 Å². The number of hydrogen-bond acceptors (Lipinski definition) is 4. The Morgan fingerprint density at radius 3 is 2.84 bits per heavy atom. The van der Waals surface area contributed by atoms with Crippen LogP contribution in [0.5, 0.6) is 5.75 Å². The van der Waals surface area contributed by atoms with E-state index in [4.69, 9.17) is 9.47 Å². The predicted octanol–water partition coefficient (Wildman–Crippen LogP) is 3.89. The van der Waals surface area contributed by atoms with Crippen molar-refractivity contribution in [2.75, 3.05) is 6.54 Å². The molecule has 25 heavy (non-hydrogen) atoms. The standard InChI is InChI=1S/C20H24N2O3/c1-13-8-15(14-6-5-7-21-11-14)9-16-10-17(24-18(13)16)12-22-19(23)25-20(2,3)4/h5-9,11,17H,10,12H2,1-4H3,(H,22,23). The van der Waals surface area contributed by atoms with Crippen molar-refractivity contribution in [2.45, 2.75) is 45.8 Å². The molecule has 132 valence electrons. The van der Waals surface area contributed by atoms with Gasteiger partial charge in [0.1, 0.15) is 17.5 Å². The summed E-state index contributed by atoms with van der Waals surface area (Å²) in [6.45, 7) is 8.00. The lowest BCUT2D eigenvalue weighted by atomic mass is 9.99. The minimum absolute atomic E-state index is 0.0784. The quantitative estimate of drug-likeness (QED) is 0.921. The number of aromatic nitrogens is 1. The molecule has 2 aromatic rings. The third kappa shape index (κ3) is 4.29. The molecule has 0 radical (unpaired) electrons. The smallest absolute Gasteiger partial charge is 0.407 e. The van der Waals surface area contributed by atoms with Gasteiger partial charge in [0.25, 0.3) is 0 Å². The maximum absolute atomic E-state index is 11.8. The van der Waals surface area contributed by atoms with Crippen LogP contribution in [-0.2, 0) is 11.2 Å². The summed E-state index contributed by atoms with van der Waals surface area (Å²) in [6, 6.07) is 8.24. The average Bonchev–Trinajstić information content (AvgIpc) is 2.96. The van der Waals surface area contributed by atoms with Crippen molar-refractivity contribution < 1.29 is 14.3 Å². The number of aryl methyl sites for hydroxylation is 1. The lowest BCUT2D eigenvalue weighted by molar-refractivity contribution is 0.0506. The van der Waals surface area contributed by atoms with Crippen LogP contribution in [0.2, 0.25) is 0 Å². The molecule has 2 heterocycles. The zero-order valence-corrected chi connectivity index (χ0v) is 15.1. The van der Waals surface area contributed by atoms with Gasteiger partial charge in [0.05, 0.1) is 6.54 Å². The van der Waals surface area contributed by atoms with Gasteiger partial charge >= 0.3 is 6.09 Å². The molecule has 1 amide bonds. The van der Waals surface area contributed by atoms with Crippen molar-refractivity contribution in [3.8, 4) is 16.9 Å². The summed E-state index contributed by atoms with van der Waals surface area (Å²) in [4.78, 5) is 16.0. The van der Waals surface area contributed by atoms with E-state index in [0.717, 1.165) is 34.4 Å². The number of alkyl carbamates (subject to hydrolysis) is 1. The number of amides is 1. The Kier molecular flexibility index (Phi) is 4.66. The number of nitrogens with zero attached hydrogens (tertiary/aromatic N) is 1. The Hall–Kier alpha value is -2.56. The van der Waals surface area contributed by atoms with Gasteiger partial charge in [0.2, 0.25) is 0 Å². The molecule has 0 saturated heterocycles. The summed E-state index contributed by atoms with van der Waals surface area (Å²) in [6.07, 6.45) is 3.90. The highest BCUT2D eigenvalue weighted by Gasteiger charge is 2.26.